The van der Waals surface area contributed by atoms with Crippen molar-refractivity contribution in [3.8, 4) is 16.9 Å². The zero-order valence-electron chi connectivity index (χ0n) is 26.2. The van der Waals surface area contributed by atoms with Gasteiger partial charge in [0.2, 0.25) is 5.92 Å². The minimum absolute atomic E-state index is 0.0200. The number of thiophene rings is 1. The molecule has 0 radical (unpaired) electrons. The molecule has 8 nitrogen and oxygen atoms in total. The lowest BCUT2D eigenvalue weighted by molar-refractivity contribution is -0.00460. The van der Waals surface area contributed by atoms with E-state index >= 15 is 0 Å². The molecule has 0 amide bonds. The Morgan fingerprint density at radius 2 is 1.85 bits per heavy atom. The number of aromatic carboxylic acids is 1. The first-order valence-corrected chi connectivity index (χ1v) is 17.4. The van der Waals surface area contributed by atoms with Crippen molar-refractivity contribution < 1.29 is 23.4 Å². The largest absolute Gasteiger partial charge is 0.491 e. The Hall–Kier alpha value is -3.41. The van der Waals surface area contributed by atoms with E-state index < -0.39 is 11.9 Å². The molecule has 0 bridgehead atoms. The molecule has 2 saturated carbocycles. The van der Waals surface area contributed by atoms with E-state index in [1.54, 1.807) is 28.1 Å². The average molecular weight is 681 g/mol. The molecular weight excluding hydrogens is 646 g/mol. The van der Waals surface area contributed by atoms with Gasteiger partial charge in [0.1, 0.15) is 18.2 Å². The van der Waals surface area contributed by atoms with Crippen molar-refractivity contribution in [3.05, 3.63) is 73.4 Å². The Kier molecular flexibility index (Phi) is 7.27. The number of benzene rings is 1. The van der Waals surface area contributed by atoms with E-state index in [0.717, 1.165) is 40.8 Å². The van der Waals surface area contributed by atoms with E-state index in [1.807, 2.05) is 19.9 Å². The number of aryl methyl sites for hydroxylation is 2. The van der Waals surface area contributed by atoms with Crippen LogP contribution in [0.15, 0.2) is 34.4 Å². The van der Waals surface area contributed by atoms with Crippen molar-refractivity contribution in [2.45, 2.75) is 76.3 Å². The number of nitrogens with zero attached hydrogens (tertiary/aromatic N) is 4. The molecule has 0 unspecified atom stereocenters. The highest BCUT2D eigenvalue weighted by atomic mass is 35.5. The predicted octanol–water partition coefficient (Wildman–Crippen LogP) is 6.89. The molecule has 4 heterocycles. The fourth-order valence-electron chi connectivity index (χ4n) is 8.45. The number of aromatic nitrogens is 3. The van der Waals surface area contributed by atoms with Crippen LogP contribution >= 0.6 is 22.9 Å². The molecule has 1 N–H and O–H groups in total. The monoisotopic (exact) mass is 680 g/mol. The molecule has 3 fully saturated rings. The SMILES string of the molecule is Cc1cc(-c2cc(Cl)ccc2OCCn2c(C)nc3c(c2=O)C[C@H](N2C[C@@H]4CC(F)(F)C[C@@H]4C2)CC32CC2)c2scc(C(=O)O)c2n1. The van der Waals surface area contributed by atoms with Gasteiger partial charge in [0.25, 0.3) is 5.56 Å². The van der Waals surface area contributed by atoms with Gasteiger partial charge < -0.3 is 9.84 Å². The van der Waals surface area contributed by atoms with Crippen molar-refractivity contribution in [2.24, 2.45) is 11.8 Å². The third-order valence-electron chi connectivity index (χ3n) is 10.8. The summed E-state index contributed by atoms with van der Waals surface area (Å²) in [5, 5.41) is 11.8. The van der Waals surface area contributed by atoms with Gasteiger partial charge in [0, 0.05) is 70.2 Å². The number of carboxylic acid groups (broad SMARTS) is 1. The van der Waals surface area contributed by atoms with E-state index in [2.05, 4.69) is 9.88 Å². The second-order valence-electron chi connectivity index (χ2n) is 14.0. The van der Waals surface area contributed by atoms with E-state index in [0.29, 0.717) is 59.4 Å². The second kappa shape index (κ2) is 11.1. The van der Waals surface area contributed by atoms with E-state index in [4.69, 9.17) is 21.3 Å². The normalized spacial score (nSPS) is 24.1. The highest BCUT2D eigenvalue weighted by Gasteiger charge is 2.56. The van der Waals surface area contributed by atoms with Gasteiger partial charge in [-0.3, -0.25) is 19.2 Å². The van der Waals surface area contributed by atoms with Gasteiger partial charge in [0.15, 0.2) is 0 Å². The minimum atomic E-state index is -2.54. The number of carboxylic acids is 1. The molecule has 1 aliphatic heterocycles. The fourth-order valence-corrected chi connectivity index (χ4v) is 9.64. The Balaban J connectivity index is 1.05. The minimum Gasteiger partial charge on any atom is -0.491 e. The molecule has 1 spiro atoms. The van der Waals surface area contributed by atoms with E-state index in [-0.39, 0.29) is 53.9 Å². The van der Waals surface area contributed by atoms with Crippen molar-refractivity contribution in [2.75, 3.05) is 19.7 Å². The average Bonchev–Trinajstić information content (AvgIpc) is 3.31. The first-order valence-electron chi connectivity index (χ1n) is 16.2. The lowest BCUT2D eigenvalue weighted by Gasteiger charge is -2.37. The molecule has 246 valence electrons. The van der Waals surface area contributed by atoms with E-state index in [1.165, 1.54) is 11.3 Å². The number of fused-ring (bicyclic) bond motifs is 4. The molecule has 3 atom stereocenters. The first kappa shape index (κ1) is 30.9. The maximum Gasteiger partial charge on any atom is 0.338 e. The van der Waals surface area contributed by atoms with Crippen molar-refractivity contribution in [3.63, 3.8) is 0 Å². The Morgan fingerprint density at radius 1 is 1.11 bits per heavy atom. The highest BCUT2D eigenvalue weighted by molar-refractivity contribution is 7.18. The Morgan fingerprint density at radius 3 is 2.55 bits per heavy atom. The molecule has 1 aromatic carbocycles. The van der Waals surface area contributed by atoms with Crippen LogP contribution in [-0.2, 0) is 18.4 Å². The number of ether oxygens (including phenoxy) is 1. The van der Waals surface area contributed by atoms with Gasteiger partial charge in [-0.05, 0) is 75.6 Å². The van der Waals surface area contributed by atoms with Crippen LogP contribution in [0.4, 0.5) is 8.78 Å². The molecule has 3 aromatic heterocycles. The second-order valence-corrected chi connectivity index (χ2v) is 15.3. The van der Waals surface area contributed by atoms with Gasteiger partial charge in [-0.1, -0.05) is 11.6 Å². The number of hydrogen-bond donors (Lipinski definition) is 1. The van der Waals surface area contributed by atoms with Crippen molar-refractivity contribution in [1.29, 1.82) is 0 Å². The Labute approximate surface area is 279 Å². The maximum atomic E-state index is 14.1. The number of hydrogen-bond acceptors (Lipinski definition) is 7. The third kappa shape index (κ3) is 5.34. The number of rotatable bonds is 7. The molecule has 47 heavy (non-hydrogen) atoms. The van der Waals surface area contributed by atoms with Crippen molar-refractivity contribution in [1.82, 2.24) is 19.4 Å². The Bertz CT molecular complexity index is 1990. The summed E-state index contributed by atoms with van der Waals surface area (Å²) in [5.41, 5.74) is 4.32. The van der Waals surface area contributed by atoms with Gasteiger partial charge >= 0.3 is 5.97 Å². The molecule has 8 rings (SSSR count). The van der Waals surface area contributed by atoms with Gasteiger partial charge in [0.05, 0.1) is 28.0 Å². The van der Waals surface area contributed by atoms with Crippen LogP contribution in [0.25, 0.3) is 21.3 Å². The summed E-state index contributed by atoms with van der Waals surface area (Å²) in [7, 11) is 0. The molecule has 4 aromatic rings. The van der Waals surface area contributed by atoms with Crippen LogP contribution in [0.2, 0.25) is 5.02 Å². The summed E-state index contributed by atoms with van der Waals surface area (Å²) < 4.78 is 36.8. The van der Waals surface area contributed by atoms with Gasteiger partial charge in [-0.25, -0.2) is 18.6 Å². The smallest absolute Gasteiger partial charge is 0.338 e. The lowest BCUT2D eigenvalue weighted by atomic mass is 9.80. The van der Waals surface area contributed by atoms with Crippen LogP contribution < -0.4 is 10.3 Å². The highest BCUT2D eigenvalue weighted by Crippen LogP contribution is 2.56. The van der Waals surface area contributed by atoms with Crippen molar-refractivity contribution >= 4 is 39.1 Å². The number of carbonyl (C=O) groups is 1. The lowest BCUT2D eigenvalue weighted by Crippen LogP contribution is -2.46. The third-order valence-corrected chi connectivity index (χ3v) is 12.0. The quantitative estimate of drug-likeness (QED) is 0.227. The summed E-state index contributed by atoms with van der Waals surface area (Å²) in [4.78, 5) is 37.8. The molecule has 1 saturated heterocycles. The predicted molar refractivity (Wildman–Crippen MR) is 176 cm³/mol. The molecule has 4 aliphatic rings. The zero-order chi connectivity index (χ0) is 32.8. The summed E-state index contributed by atoms with van der Waals surface area (Å²) in [6.45, 7) is 5.56. The first-order chi connectivity index (χ1) is 22.4. The summed E-state index contributed by atoms with van der Waals surface area (Å²) in [6, 6.07) is 7.39. The van der Waals surface area contributed by atoms with Gasteiger partial charge in [-0.15, -0.1) is 11.3 Å². The van der Waals surface area contributed by atoms with Crippen LogP contribution in [0.1, 0.15) is 65.2 Å². The molecule has 12 heteroatoms. The van der Waals surface area contributed by atoms with Crippen LogP contribution in [0, 0.1) is 25.7 Å². The summed E-state index contributed by atoms with van der Waals surface area (Å²) in [6.07, 6.45) is 3.51. The zero-order valence-corrected chi connectivity index (χ0v) is 27.8. The summed E-state index contributed by atoms with van der Waals surface area (Å²) >= 11 is 7.74. The number of likely N-dealkylation sites (tertiary alicyclic amines) is 1. The molecular formula is C35H35ClF2N4O4S. The van der Waals surface area contributed by atoms with E-state index in [9.17, 15) is 23.5 Å². The number of pyridine rings is 1. The topological polar surface area (TPSA) is 97.6 Å². The van der Waals surface area contributed by atoms with Gasteiger partial charge in [-0.2, -0.15) is 0 Å². The summed E-state index contributed by atoms with van der Waals surface area (Å²) in [5.74, 6) is -2.28. The number of alkyl halides is 2. The fraction of sp³-hybridized carbons (Fsp3) is 0.486. The molecule has 3 aliphatic carbocycles. The van der Waals surface area contributed by atoms with Crippen LogP contribution in [0.3, 0.4) is 0 Å². The number of halogens is 3. The van der Waals surface area contributed by atoms with Crippen LogP contribution in [-0.4, -0.2) is 62.2 Å². The standard InChI is InChI=1S/C35H35ClF2N4O4S/c1-18-9-25(30-29(39-18)27(17-47-30)33(44)45)24-10-22(36)3-4-28(24)46-8-7-42-19(2)40-31-26(32(42)43)11-23(14-34(31)5-6-34)41-15-20-12-35(37,38)13-21(20)16-41/h3-4,9-10,17,20-21,23H,5-8,11-16H2,1-2H3,(H,44,45)/t20-,21+,23-/m0/s1. The van der Waals surface area contributed by atoms with Crippen LogP contribution in [0.5, 0.6) is 5.75 Å². The maximum absolute atomic E-state index is 14.1.